The van der Waals surface area contributed by atoms with E-state index in [4.69, 9.17) is 4.74 Å². The lowest BCUT2D eigenvalue weighted by Gasteiger charge is -2.25. The van der Waals surface area contributed by atoms with Crippen LogP contribution in [-0.2, 0) is 0 Å². The molecule has 1 saturated heterocycles. The summed E-state index contributed by atoms with van der Waals surface area (Å²) in [5.41, 5.74) is 1.86. The number of ether oxygens (including phenoxy) is 1. The van der Waals surface area contributed by atoms with Gasteiger partial charge in [-0.2, -0.15) is 0 Å². The monoisotopic (exact) mass is 223 g/mol. The van der Waals surface area contributed by atoms with Gasteiger partial charge < -0.3 is 10.1 Å². The first-order valence-electron chi connectivity index (χ1n) is 5.77. The number of hydrogen-bond acceptors (Lipinski definition) is 2. The lowest BCUT2D eigenvalue weighted by atomic mass is 9.88. The second-order valence-corrected chi connectivity index (χ2v) is 4.37. The molecule has 88 valence electrons. The van der Waals surface area contributed by atoms with E-state index in [1.165, 1.54) is 6.07 Å². The van der Waals surface area contributed by atoms with Gasteiger partial charge in [-0.25, -0.2) is 4.39 Å². The van der Waals surface area contributed by atoms with Crippen LogP contribution in [0.15, 0.2) is 12.1 Å². The quantitative estimate of drug-likeness (QED) is 0.832. The van der Waals surface area contributed by atoms with E-state index in [9.17, 15) is 4.39 Å². The van der Waals surface area contributed by atoms with Crippen LogP contribution in [0.1, 0.15) is 29.9 Å². The van der Waals surface area contributed by atoms with E-state index < -0.39 is 0 Å². The predicted octanol–water partition coefficient (Wildman–Crippen LogP) is 2.61. The molecule has 1 fully saturated rings. The molecule has 0 aliphatic carbocycles. The van der Waals surface area contributed by atoms with E-state index >= 15 is 0 Å². The standard InChI is InChI=1S/C13H18FNO/c1-9-7-11(10-3-5-15-6-4-10)13(16-2)8-12(9)14/h7-8,10,15H,3-6H2,1-2H3. The predicted molar refractivity (Wildman–Crippen MR) is 62.5 cm³/mol. The molecule has 0 aromatic heterocycles. The zero-order valence-electron chi connectivity index (χ0n) is 9.85. The number of halogens is 1. The van der Waals surface area contributed by atoms with Crippen molar-refractivity contribution < 1.29 is 9.13 Å². The molecule has 0 amide bonds. The average molecular weight is 223 g/mol. The Morgan fingerprint density at radius 3 is 2.62 bits per heavy atom. The van der Waals surface area contributed by atoms with E-state index in [1.807, 2.05) is 6.07 Å². The largest absolute Gasteiger partial charge is 0.496 e. The summed E-state index contributed by atoms with van der Waals surface area (Å²) in [6.07, 6.45) is 2.20. The second kappa shape index (κ2) is 4.83. The first-order chi connectivity index (χ1) is 7.72. The van der Waals surface area contributed by atoms with Crippen molar-refractivity contribution in [3.8, 4) is 5.75 Å². The van der Waals surface area contributed by atoms with Gasteiger partial charge in [-0.15, -0.1) is 0 Å². The van der Waals surface area contributed by atoms with Crippen LogP contribution in [0.25, 0.3) is 0 Å². The molecular formula is C13H18FNO. The first kappa shape index (κ1) is 11.4. The number of rotatable bonds is 2. The molecule has 0 bridgehead atoms. The number of benzene rings is 1. The molecule has 2 rings (SSSR count). The smallest absolute Gasteiger partial charge is 0.129 e. The zero-order valence-corrected chi connectivity index (χ0v) is 9.85. The van der Waals surface area contributed by atoms with Gasteiger partial charge in [0.1, 0.15) is 11.6 Å². The van der Waals surface area contributed by atoms with Gasteiger partial charge in [-0.1, -0.05) is 0 Å². The second-order valence-electron chi connectivity index (χ2n) is 4.37. The summed E-state index contributed by atoms with van der Waals surface area (Å²) in [6, 6.07) is 3.44. The molecule has 3 heteroatoms. The Morgan fingerprint density at radius 2 is 2.00 bits per heavy atom. The van der Waals surface area contributed by atoms with Crippen LogP contribution in [0, 0.1) is 12.7 Å². The number of aryl methyl sites for hydroxylation is 1. The van der Waals surface area contributed by atoms with Gasteiger partial charge in [0.2, 0.25) is 0 Å². The lowest BCUT2D eigenvalue weighted by Crippen LogP contribution is -2.26. The molecule has 0 saturated carbocycles. The van der Waals surface area contributed by atoms with Crippen molar-refractivity contribution >= 4 is 0 Å². The fourth-order valence-electron chi connectivity index (χ4n) is 2.31. The topological polar surface area (TPSA) is 21.3 Å². The lowest BCUT2D eigenvalue weighted by molar-refractivity contribution is 0.388. The molecule has 1 heterocycles. The van der Waals surface area contributed by atoms with Gasteiger partial charge >= 0.3 is 0 Å². The zero-order chi connectivity index (χ0) is 11.5. The normalized spacial score (nSPS) is 17.4. The van der Waals surface area contributed by atoms with Crippen molar-refractivity contribution in [3.05, 3.63) is 29.1 Å². The molecule has 16 heavy (non-hydrogen) atoms. The highest BCUT2D eigenvalue weighted by Crippen LogP contribution is 2.34. The fraction of sp³-hybridized carbons (Fsp3) is 0.538. The van der Waals surface area contributed by atoms with Gasteiger partial charge in [-0.05, 0) is 56.0 Å². The Bertz CT molecular complexity index is 372. The van der Waals surface area contributed by atoms with E-state index in [-0.39, 0.29) is 5.82 Å². The van der Waals surface area contributed by atoms with Crippen LogP contribution in [-0.4, -0.2) is 20.2 Å². The van der Waals surface area contributed by atoms with E-state index in [0.717, 1.165) is 31.5 Å². The molecule has 2 nitrogen and oxygen atoms in total. The highest BCUT2D eigenvalue weighted by atomic mass is 19.1. The van der Waals surface area contributed by atoms with Crippen LogP contribution in [0.2, 0.25) is 0 Å². The van der Waals surface area contributed by atoms with E-state index in [0.29, 0.717) is 17.2 Å². The minimum Gasteiger partial charge on any atom is -0.496 e. The Hall–Kier alpha value is -1.09. The van der Waals surface area contributed by atoms with Gasteiger partial charge in [0.25, 0.3) is 0 Å². The molecule has 0 atom stereocenters. The summed E-state index contributed by atoms with van der Waals surface area (Å²) in [4.78, 5) is 0. The van der Waals surface area contributed by atoms with Gasteiger partial charge in [0.15, 0.2) is 0 Å². The summed E-state index contributed by atoms with van der Waals surface area (Å²) in [7, 11) is 1.61. The van der Waals surface area contributed by atoms with Gasteiger partial charge in [0, 0.05) is 6.07 Å². The molecular weight excluding hydrogens is 205 g/mol. The molecule has 0 spiro atoms. The Balaban J connectivity index is 2.33. The van der Waals surface area contributed by atoms with Crippen molar-refractivity contribution in [2.24, 2.45) is 0 Å². The maximum atomic E-state index is 13.4. The summed E-state index contributed by atoms with van der Waals surface area (Å²) >= 11 is 0. The summed E-state index contributed by atoms with van der Waals surface area (Å²) in [5, 5.41) is 3.33. The van der Waals surface area contributed by atoms with E-state index in [1.54, 1.807) is 14.0 Å². The maximum Gasteiger partial charge on any atom is 0.129 e. The average Bonchev–Trinajstić information content (AvgIpc) is 2.33. The van der Waals surface area contributed by atoms with Crippen LogP contribution >= 0.6 is 0 Å². The molecule has 0 radical (unpaired) electrons. The first-order valence-corrected chi connectivity index (χ1v) is 5.77. The molecule has 0 unspecified atom stereocenters. The van der Waals surface area contributed by atoms with Crippen LogP contribution in [0.3, 0.4) is 0 Å². The number of methoxy groups -OCH3 is 1. The number of hydrogen-bond donors (Lipinski definition) is 1. The number of piperidine rings is 1. The third kappa shape index (κ3) is 2.19. The molecule has 1 aliphatic heterocycles. The van der Waals surface area contributed by atoms with Crippen molar-refractivity contribution in [3.63, 3.8) is 0 Å². The Labute approximate surface area is 95.8 Å². The van der Waals surface area contributed by atoms with Crippen LogP contribution < -0.4 is 10.1 Å². The number of nitrogens with one attached hydrogen (secondary N) is 1. The molecule has 1 aliphatic rings. The molecule has 1 N–H and O–H groups in total. The highest BCUT2D eigenvalue weighted by Gasteiger charge is 2.20. The molecule has 1 aromatic carbocycles. The third-order valence-corrected chi connectivity index (χ3v) is 3.29. The highest BCUT2D eigenvalue weighted by molar-refractivity contribution is 5.40. The van der Waals surface area contributed by atoms with E-state index in [2.05, 4.69) is 5.32 Å². The van der Waals surface area contributed by atoms with Crippen molar-refractivity contribution in [2.75, 3.05) is 20.2 Å². The summed E-state index contributed by atoms with van der Waals surface area (Å²) in [6.45, 7) is 3.87. The molecule has 1 aromatic rings. The maximum absolute atomic E-state index is 13.4. The van der Waals surface area contributed by atoms with Crippen molar-refractivity contribution in [2.45, 2.75) is 25.7 Å². The third-order valence-electron chi connectivity index (χ3n) is 3.29. The van der Waals surface area contributed by atoms with Gasteiger partial charge in [0.05, 0.1) is 7.11 Å². The summed E-state index contributed by atoms with van der Waals surface area (Å²) in [5.74, 6) is 1.00. The van der Waals surface area contributed by atoms with Crippen molar-refractivity contribution in [1.29, 1.82) is 0 Å². The minimum absolute atomic E-state index is 0.186. The summed E-state index contributed by atoms with van der Waals surface area (Å²) < 4.78 is 18.7. The fourth-order valence-corrected chi connectivity index (χ4v) is 2.31. The van der Waals surface area contributed by atoms with Crippen LogP contribution in [0.4, 0.5) is 4.39 Å². The van der Waals surface area contributed by atoms with Crippen LogP contribution in [0.5, 0.6) is 5.75 Å². The van der Waals surface area contributed by atoms with Gasteiger partial charge in [-0.3, -0.25) is 0 Å². The SMILES string of the molecule is COc1cc(F)c(C)cc1C1CCNCC1. The minimum atomic E-state index is -0.186. The van der Waals surface area contributed by atoms with Crippen molar-refractivity contribution in [1.82, 2.24) is 5.32 Å². The Kier molecular flexibility index (Phi) is 3.44. The Morgan fingerprint density at radius 1 is 1.31 bits per heavy atom.